The number of hydrogen-bond acceptors (Lipinski definition) is 4. The smallest absolute Gasteiger partial charge is 0.0753 e. The van der Waals surface area contributed by atoms with Crippen LogP contribution in [0, 0.1) is 5.92 Å². The normalized spacial score (nSPS) is 21.1. The summed E-state index contributed by atoms with van der Waals surface area (Å²) in [4.78, 5) is 11.0. The molecule has 24 heavy (non-hydrogen) atoms. The van der Waals surface area contributed by atoms with Crippen molar-refractivity contribution in [2.75, 3.05) is 24.6 Å². The fourth-order valence-electron chi connectivity index (χ4n) is 3.83. The Balaban J connectivity index is 1.63. The van der Waals surface area contributed by atoms with Gasteiger partial charge in [-0.15, -0.1) is 0 Å². The highest BCUT2D eigenvalue weighted by atomic mass is 16.3. The van der Waals surface area contributed by atoms with Gasteiger partial charge in [0.15, 0.2) is 0 Å². The van der Waals surface area contributed by atoms with Crippen molar-refractivity contribution in [2.24, 2.45) is 5.92 Å². The maximum Gasteiger partial charge on any atom is 0.0753 e. The lowest BCUT2D eigenvalue weighted by Gasteiger charge is -2.39. The van der Waals surface area contributed by atoms with E-state index in [2.05, 4.69) is 45.2 Å². The monoisotopic (exact) mass is 319 g/mol. The molecule has 1 aliphatic rings. The molecule has 0 spiro atoms. The number of rotatable bonds is 3. The summed E-state index contributed by atoms with van der Waals surface area (Å²) in [7, 11) is 0. The zero-order chi connectivity index (χ0) is 16.4. The molecule has 1 N–H and O–H groups in total. The zero-order valence-corrected chi connectivity index (χ0v) is 13.5. The van der Waals surface area contributed by atoms with Crippen molar-refractivity contribution in [3.05, 3.63) is 66.6 Å². The summed E-state index contributed by atoms with van der Waals surface area (Å²) >= 11 is 0. The number of piperidine rings is 1. The molecular weight excluding hydrogens is 298 g/mol. The fourth-order valence-corrected chi connectivity index (χ4v) is 3.83. The van der Waals surface area contributed by atoms with Gasteiger partial charge in [-0.05, 0) is 30.0 Å². The first-order chi connectivity index (χ1) is 11.9. The second-order valence-corrected chi connectivity index (χ2v) is 6.42. The summed E-state index contributed by atoms with van der Waals surface area (Å²) in [5.74, 6) is 0.653. The first-order valence-electron chi connectivity index (χ1n) is 8.46. The number of anilines is 1. The lowest BCUT2D eigenvalue weighted by molar-refractivity contribution is 0.190. The van der Waals surface area contributed by atoms with Crippen LogP contribution in [0.15, 0.2) is 61.1 Å². The largest absolute Gasteiger partial charge is 0.396 e. The lowest BCUT2D eigenvalue weighted by Crippen LogP contribution is -2.41. The predicted octanol–water partition coefficient (Wildman–Crippen LogP) is 3.23. The molecule has 1 fully saturated rings. The number of benzene rings is 1. The van der Waals surface area contributed by atoms with Crippen molar-refractivity contribution in [3.8, 4) is 0 Å². The van der Waals surface area contributed by atoms with Crippen molar-refractivity contribution in [3.63, 3.8) is 0 Å². The molecule has 0 aliphatic carbocycles. The summed E-state index contributed by atoms with van der Waals surface area (Å²) in [6.07, 6.45) is 6.56. The Morgan fingerprint density at radius 3 is 2.79 bits per heavy atom. The highest BCUT2D eigenvalue weighted by Gasteiger charge is 2.30. The third kappa shape index (κ3) is 2.74. The Labute approximate surface area is 141 Å². The van der Waals surface area contributed by atoms with Crippen molar-refractivity contribution in [1.82, 2.24) is 9.97 Å². The average molecular weight is 319 g/mol. The van der Waals surface area contributed by atoms with Gasteiger partial charge in [0, 0.05) is 55.3 Å². The summed E-state index contributed by atoms with van der Waals surface area (Å²) in [5, 5.41) is 11.0. The second-order valence-electron chi connectivity index (χ2n) is 6.42. The van der Waals surface area contributed by atoms with Gasteiger partial charge in [-0.2, -0.15) is 0 Å². The highest BCUT2D eigenvalue weighted by Crippen LogP contribution is 2.36. The molecule has 4 rings (SSSR count). The van der Waals surface area contributed by atoms with Gasteiger partial charge in [-0.1, -0.05) is 30.3 Å². The maximum atomic E-state index is 9.95. The highest BCUT2D eigenvalue weighted by molar-refractivity contribution is 5.90. The predicted molar refractivity (Wildman–Crippen MR) is 96.1 cm³/mol. The third-order valence-electron chi connectivity index (χ3n) is 5.06. The van der Waals surface area contributed by atoms with Crippen molar-refractivity contribution in [2.45, 2.75) is 12.3 Å². The number of fused-ring (bicyclic) bond motifs is 1. The minimum atomic E-state index is 0.206. The van der Waals surface area contributed by atoms with E-state index in [1.807, 2.05) is 24.5 Å². The number of pyridine rings is 2. The standard InChI is InChI=1S/C20H21N3O/c24-14-16-13-23(11-8-17(16)15-4-2-1-3-5-15)20-7-10-22-19-6-9-21-12-18(19)20/h1-7,9-10,12,16-17,24H,8,11,13-14H2/t16-,17+/m1/s1. The summed E-state index contributed by atoms with van der Waals surface area (Å²) in [6.45, 7) is 2.03. The Morgan fingerprint density at radius 2 is 1.96 bits per heavy atom. The van der Waals surface area contributed by atoms with Crippen LogP contribution >= 0.6 is 0 Å². The number of aliphatic hydroxyl groups is 1. The number of aliphatic hydroxyl groups excluding tert-OH is 1. The van der Waals surface area contributed by atoms with Crippen LogP contribution in [0.3, 0.4) is 0 Å². The van der Waals surface area contributed by atoms with E-state index >= 15 is 0 Å². The molecule has 1 aliphatic heterocycles. The van der Waals surface area contributed by atoms with E-state index in [1.165, 1.54) is 5.56 Å². The molecule has 4 nitrogen and oxygen atoms in total. The molecule has 3 aromatic rings. The maximum absolute atomic E-state index is 9.95. The van der Waals surface area contributed by atoms with E-state index in [4.69, 9.17) is 0 Å². The molecule has 3 heterocycles. The van der Waals surface area contributed by atoms with E-state index < -0.39 is 0 Å². The van der Waals surface area contributed by atoms with Crippen molar-refractivity contribution >= 4 is 16.6 Å². The number of hydrogen-bond donors (Lipinski definition) is 1. The Bertz CT molecular complexity index is 816. The molecule has 0 unspecified atom stereocenters. The summed E-state index contributed by atoms with van der Waals surface area (Å²) in [5.41, 5.74) is 3.46. The molecule has 0 bridgehead atoms. The van der Waals surface area contributed by atoms with Crippen molar-refractivity contribution < 1.29 is 5.11 Å². The van der Waals surface area contributed by atoms with E-state index in [9.17, 15) is 5.11 Å². The molecule has 1 aromatic carbocycles. The minimum absolute atomic E-state index is 0.206. The Kier molecular flexibility index (Phi) is 4.13. The second kappa shape index (κ2) is 6.57. The molecule has 2 aromatic heterocycles. The van der Waals surface area contributed by atoms with Crippen LogP contribution < -0.4 is 4.90 Å². The van der Waals surface area contributed by atoms with E-state index in [1.54, 1.807) is 6.20 Å². The van der Waals surface area contributed by atoms with E-state index in [0.29, 0.717) is 5.92 Å². The molecule has 0 amide bonds. The average Bonchev–Trinajstić information content (AvgIpc) is 2.67. The minimum Gasteiger partial charge on any atom is -0.396 e. The molecular formula is C20H21N3O. The fraction of sp³-hybridized carbons (Fsp3) is 0.300. The number of aromatic nitrogens is 2. The van der Waals surface area contributed by atoms with E-state index in [-0.39, 0.29) is 12.5 Å². The van der Waals surface area contributed by atoms with Crippen LogP contribution in [0.5, 0.6) is 0 Å². The van der Waals surface area contributed by atoms with Crippen LogP contribution in [0.2, 0.25) is 0 Å². The van der Waals surface area contributed by atoms with E-state index in [0.717, 1.165) is 36.1 Å². The molecule has 0 saturated carbocycles. The molecule has 2 atom stereocenters. The van der Waals surface area contributed by atoms with Gasteiger partial charge < -0.3 is 10.0 Å². The van der Waals surface area contributed by atoms with Gasteiger partial charge in [0.2, 0.25) is 0 Å². The van der Waals surface area contributed by atoms with Gasteiger partial charge >= 0.3 is 0 Å². The first-order valence-corrected chi connectivity index (χ1v) is 8.46. The summed E-state index contributed by atoms with van der Waals surface area (Å²) < 4.78 is 0. The molecule has 4 heteroatoms. The van der Waals surface area contributed by atoms with Crippen LogP contribution in [0.4, 0.5) is 5.69 Å². The quantitative estimate of drug-likeness (QED) is 0.805. The van der Waals surface area contributed by atoms with Crippen LogP contribution in [0.25, 0.3) is 10.9 Å². The van der Waals surface area contributed by atoms with Gasteiger partial charge in [0.25, 0.3) is 0 Å². The Hall–Kier alpha value is -2.46. The zero-order valence-electron chi connectivity index (χ0n) is 13.5. The van der Waals surface area contributed by atoms with Crippen molar-refractivity contribution in [1.29, 1.82) is 0 Å². The topological polar surface area (TPSA) is 49.2 Å². The number of nitrogens with zero attached hydrogens (tertiary/aromatic N) is 3. The molecule has 0 radical (unpaired) electrons. The molecule has 122 valence electrons. The van der Waals surface area contributed by atoms with Crippen LogP contribution in [-0.4, -0.2) is 34.8 Å². The van der Waals surface area contributed by atoms with Gasteiger partial charge in [0.05, 0.1) is 5.52 Å². The Morgan fingerprint density at radius 1 is 1.08 bits per heavy atom. The summed E-state index contributed by atoms with van der Waals surface area (Å²) in [6, 6.07) is 14.6. The van der Waals surface area contributed by atoms with Gasteiger partial charge in [0.1, 0.15) is 0 Å². The van der Waals surface area contributed by atoms with Crippen LogP contribution in [-0.2, 0) is 0 Å². The molecule has 1 saturated heterocycles. The first kappa shape index (κ1) is 15.1. The van der Waals surface area contributed by atoms with Gasteiger partial charge in [-0.25, -0.2) is 0 Å². The van der Waals surface area contributed by atoms with Crippen LogP contribution in [0.1, 0.15) is 17.9 Å². The van der Waals surface area contributed by atoms with Gasteiger partial charge in [-0.3, -0.25) is 9.97 Å². The third-order valence-corrected chi connectivity index (χ3v) is 5.06. The lowest BCUT2D eigenvalue weighted by atomic mass is 9.80. The SMILES string of the molecule is OC[C@H]1CN(c2ccnc3ccncc23)CC[C@H]1c1ccccc1.